The molecule has 2 aliphatic rings. The molecule has 2 aliphatic carbocycles. The van der Waals surface area contributed by atoms with Crippen molar-refractivity contribution >= 4 is 0 Å². The summed E-state index contributed by atoms with van der Waals surface area (Å²) >= 11 is 0. The first-order valence-electron chi connectivity index (χ1n) is 17.3. The normalized spacial score (nSPS) is 24.0. The van der Waals surface area contributed by atoms with E-state index in [1.807, 2.05) is 4.90 Å². The Morgan fingerprint density at radius 1 is 0.545 bits per heavy atom. The first-order valence-corrected chi connectivity index (χ1v) is 17.3. The second-order valence-corrected chi connectivity index (χ2v) is 15.8. The van der Waals surface area contributed by atoms with E-state index in [1.165, 1.54) is 11.1 Å². The van der Waals surface area contributed by atoms with Crippen molar-refractivity contribution in [2.45, 2.75) is 134 Å². The maximum Gasteiger partial charge on any atom is 0.170 e. The lowest BCUT2D eigenvalue weighted by Gasteiger charge is -2.58. The van der Waals surface area contributed by atoms with E-state index in [4.69, 9.17) is 0 Å². The van der Waals surface area contributed by atoms with Gasteiger partial charge in [0.1, 0.15) is 0 Å². The van der Waals surface area contributed by atoms with Crippen LogP contribution >= 0.6 is 0 Å². The molecule has 0 spiro atoms. The van der Waals surface area contributed by atoms with E-state index in [-0.39, 0.29) is 21.7 Å². The standard InChI is InChI=1S/C40H68N2O2/c1-17-35(9,10)31-25-29(7)39(43,33(27-31)37(13,14)19-3)42(24-23-41(21-5)22-6)40(44)30(8)26-32(36(11,12)18-2)28-34(40)38(15,16)20-4/h25-28,43-44H,7-8,17-24H2,1-6,9-16H3. The van der Waals surface area contributed by atoms with Crippen molar-refractivity contribution in [3.05, 3.63) is 70.9 Å². The fourth-order valence-electron chi connectivity index (χ4n) is 6.40. The minimum atomic E-state index is -1.63. The minimum absolute atomic E-state index is 0.0879. The molecule has 0 heterocycles. The Labute approximate surface area is 272 Å². The van der Waals surface area contributed by atoms with Gasteiger partial charge in [0, 0.05) is 13.1 Å². The van der Waals surface area contributed by atoms with Crippen molar-refractivity contribution in [1.29, 1.82) is 0 Å². The van der Waals surface area contributed by atoms with Crippen molar-refractivity contribution in [1.82, 2.24) is 9.80 Å². The largest absolute Gasteiger partial charge is 0.367 e. The molecule has 0 aromatic heterocycles. The Balaban J connectivity index is 3.06. The molecule has 250 valence electrons. The number of rotatable bonds is 15. The third-order valence-electron chi connectivity index (χ3n) is 11.8. The van der Waals surface area contributed by atoms with Gasteiger partial charge in [0.2, 0.25) is 0 Å². The molecule has 2 atom stereocenters. The SMILES string of the molecule is C=C1C=C(C(C)(C)CC)C=C(C(C)(C)CC)C1(O)N(CCN(CC)CC)C1(O)C(=C)C=C(C(C)(C)CC)C=C1C(C)(C)CC. The quantitative estimate of drug-likeness (QED) is 0.182. The predicted molar refractivity (Wildman–Crippen MR) is 191 cm³/mol. The van der Waals surface area contributed by atoms with Crippen LogP contribution in [0.5, 0.6) is 0 Å². The van der Waals surface area contributed by atoms with Gasteiger partial charge >= 0.3 is 0 Å². The van der Waals surface area contributed by atoms with Gasteiger partial charge < -0.3 is 15.1 Å². The number of allylic oxidation sites excluding steroid dienone is 4. The summed E-state index contributed by atoms with van der Waals surface area (Å²) in [7, 11) is 0. The van der Waals surface area contributed by atoms with Crippen LogP contribution in [-0.2, 0) is 0 Å². The zero-order valence-electron chi connectivity index (χ0n) is 31.2. The second-order valence-electron chi connectivity index (χ2n) is 15.8. The van der Waals surface area contributed by atoms with Gasteiger partial charge in [0.25, 0.3) is 0 Å². The zero-order chi connectivity index (χ0) is 34.1. The number of likely N-dealkylation sites (N-methyl/N-ethyl adjacent to an activating group) is 1. The minimum Gasteiger partial charge on any atom is -0.367 e. The maximum absolute atomic E-state index is 13.4. The van der Waals surface area contributed by atoms with Gasteiger partial charge in [-0.25, -0.2) is 4.90 Å². The Morgan fingerprint density at radius 3 is 1.14 bits per heavy atom. The Hall–Kier alpha value is -1.72. The number of aliphatic hydroxyl groups is 2. The molecule has 2 rings (SSSR count). The van der Waals surface area contributed by atoms with E-state index in [9.17, 15) is 10.2 Å². The lowest BCUT2D eigenvalue weighted by Crippen LogP contribution is -2.68. The van der Waals surface area contributed by atoms with E-state index >= 15 is 0 Å². The first-order chi connectivity index (χ1) is 20.1. The molecular weight excluding hydrogens is 540 g/mol. The topological polar surface area (TPSA) is 46.9 Å². The summed E-state index contributed by atoms with van der Waals surface area (Å²) in [4.78, 5) is 4.30. The average molecular weight is 609 g/mol. The molecule has 2 N–H and O–H groups in total. The predicted octanol–water partition coefficient (Wildman–Crippen LogP) is 9.60. The highest BCUT2D eigenvalue weighted by molar-refractivity contribution is 5.57. The van der Waals surface area contributed by atoms with E-state index in [0.29, 0.717) is 24.2 Å². The van der Waals surface area contributed by atoms with E-state index in [0.717, 1.165) is 49.9 Å². The van der Waals surface area contributed by atoms with Crippen LogP contribution in [0.1, 0.15) is 123 Å². The Bertz CT molecular complexity index is 1120. The highest BCUT2D eigenvalue weighted by atomic mass is 16.4. The van der Waals surface area contributed by atoms with E-state index < -0.39 is 11.4 Å². The van der Waals surface area contributed by atoms with E-state index in [2.05, 4.69) is 139 Å². The fraction of sp³-hybridized carbons (Fsp3) is 0.700. The third-order valence-corrected chi connectivity index (χ3v) is 11.8. The highest BCUT2D eigenvalue weighted by Crippen LogP contribution is 2.55. The molecule has 4 nitrogen and oxygen atoms in total. The molecule has 2 unspecified atom stereocenters. The molecule has 0 radical (unpaired) electrons. The Morgan fingerprint density at radius 2 is 0.864 bits per heavy atom. The molecular formula is C40H68N2O2. The van der Waals surface area contributed by atoms with E-state index in [1.54, 1.807) is 0 Å². The van der Waals surface area contributed by atoms with Crippen LogP contribution in [0, 0.1) is 21.7 Å². The zero-order valence-corrected chi connectivity index (χ0v) is 31.2. The third kappa shape index (κ3) is 6.85. The van der Waals surface area contributed by atoms with Gasteiger partial charge in [-0.3, -0.25) is 0 Å². The summed E-state index contributed by atoms with van der Waals surface area (Å²) < 4.78 is 0. The lowest BCUT2D eigenvalue weighted by molar-refractivity contribution is -0.174. The van der Waals surface area contributed by atoms with Crippen LogP contribution in [0.15, 0.2) is 70.9 Å². The monoisotopic (exact) mass is 609 g/mol. The van der Waals surface area contributed by atoms with Crippen LogP contribution in [0.25, 0.3) is 0 Å². The van der Waals surface area contributed by atoms with Crippen LogP contribution < -0.4 is 0 Å². The number of hydrogen-bond donors (Lipinski definition) is 2. The molecule has 0 saturated heterocycles. The first kappa shape index (κ1) is 38.5. The van der Waals surface area contributed by atoms with Crippen LogP contribution in [-0.4, -0.2) is 57.6 Å². The van der Waals surface area contributed by atoms with Crippen molar-refractivity contribution in [2.24, 2.45) is 21.7 Å². The van der Waals surface area contributed by atoms with Crippen molar-refractivity contribution < 1.29 is 10.2 Å². The molecule has 0 saturated carbocycles. The fourth-order valence-corrected chi connectivity index (χ4v) is 6.40. The van der Waals surface area contributed by atoms with Gasteiger partial charge in [-0.2, -0.15) is 0 Å². The van der Waals surface area contributed by atoms with Gasteiger partial charge in [-0.05, 0) is 93.9 Å². The van der Waals surface area contributed by atoms with Gasteiger partial charge in [0.15, 0.2) is 11.4 Å². The number of nitrogens with zero attached hydrogens (tertiary/aromatic N) is 2. The highest BCUT2D eigenvalue weighted by Gasteiger charge is 2.58. The summed E-state index contributed by atoms with van der Waals surface area (Å²) in [6.07, 6.45) is 12.2. The Kier molecular flexibility index (Phi) is 11.9. The molecule has 0 amide bonds. The van der Waals surface area contributed by atoms with Crippen molar-refractivity contribution in [2.75, 3.05) is 26.2 Å². The van der Waals surface area contributed by atoms with Crippen molar-refractivity contribution in [3.8, 4) is 0 Å². The van der Waals surface area contributed by atoms with Crippen molar-refractivity contribution in [3.63, 3.8) is 0 Å². The smallest absolute Gasteiger partial charge is 0.170 e. The molecule has 0 aromatic carbocycles. The lowest BCUT2D eigenvalue weighted by atomic mass is 9.64. The average Bonchev–Trinajstić information content (AvgIpc) is 2.97. The molecule has 0 bridgehead atoms. The molecule has 4 heteroatoms. The van der Waals surface area contributed by atoms with Crippen LogP contribution in [0.3, 0.4) is 0 Å². The second kappa shape index (κ2) is 13.6. The summed E-state index contributed by atoms with van der Waals surface area (Å²) in [5.41, 5.74) is 1.14. The molecule has 0 aromatic rings. The van der Waals surface area contributed by atoms with Gasteiger partial charge in [-0.1, -0.05) is 134 Å². The van der Waals surface area contributed by atoms with Gasteiger partial charge in [-0.15, -0.1) is 0 Å². The summed E-state index contributed by atoms with van der Waals surface area (Å²) in [6, 6.07) is 0. The summed E-state index contributed by atoms with van der Waals surface area (Å²) in [5.74, 6) is 0. The van der Waals surface area contributed by atoms with Gasteiger partial charge in [0.05, 0.1) is 0 Å². The summed E-state index contributed by atoms with van der Waals surface area (Å²) in [5, 5.41) is 26.9. The van der Waals surface area contributed by atoms with Crippen LogP contribution in [0.4, 0.5) is 0 Å². The molecule has 44 heavy (non-hydrogen) atoms. The number of hydrogen-bond acceptors (Lipinski definition) is 4. The maximum atomic E-state index is 13.4. The molecule has 0 aliphatic heterocycles. The summed E-state index contributed by atoms with van der Waals surface area (Å²) in [6.45, 7) is 43.0. The van der Waals surface area contributed by atoms with Crippen LogP contribution in [0.2, 0.25) is 0 Å². The molecule has 0 fully saturated rings.